The molecule has 0 aromatic heterocycles. The zero-order chi connectivity index (χ0) is 12.6. The molecule has 0 N–H and O–H groups in total. The van der Waals surface area contributed by atoms with Gasteiger partial charge in [0.2, 0.25) is 0 Å². The first-order valence-electron chi connectivity index (χ1n) is 6.74. The second-order valence-corrected chi connectivity index (χ2v) is 4.35. The highest BCUT2D eigenvalue weighted by molar-refractivity contribution is 5.34. The van der Waals surface area contributed by atoms with Gasteiger partial charge in [-0.15, -0.1) is 0 Å². The molecule has 1 heteroatoms. The number of hydrogen-bond donors (Lipinski definition) is 0. The van der Waals surface area contributed by atoms with Gasteiger partial charge in [0.1, 0.15) is 0 Å². The fourth-order valence-corrected chi connectivity index (χ4v) is 1.94. The lowest BCUT2D eigenvalue weighted by Gasteiger charge is -2.25. The molecule has 1 aliphatic rings. The van der Waals surface area contributed by atoms with E-state index >= 15 is 0 Å². The summed E-state index contributed by atoms with van der Waals surface area (Å²) < 4.78 is 22.4. The number of fused-ring (bicyclic) bond motifs is 1. The minimum atomic E-state index is -1.97. The van der Waals surface area contributed by atoms with Crippen LogP contribution in [0.5, 0.6) is 0 Å². The summed E-state index contributed by atoms with van der Waals surface area (Å²) in [5.74, 6) is 0.489. The molecule has 1 nitrogen and oxygen atoms in total. The van der Waals surface area contributed by atoms with Crippen LogP contribution in [0, 0.1) is 0 Å². The molecule has 0 amide bonds. The fraction of sp³-hybridized carbons (Fsp3) is 0.538. The van der Waals surface area contributed by atoms with Crippen LogP contribution >= 0.6 is 0 Å². The zero-order valence-corrected chi connectivity index (χ0v) is 8.88. The van der Waals surface area contributed by atoms with E-state index in [2.05, 4.69) is 32.0 Å². The molecule has 0 unspecified atom stereocenters. The maximum Gasteiger partial charge on any atom is 0.0394 e. The van der Waals surface area contributed by atoms with Gasteiger partial charge in [-0.1, -0.05) is 32.0 Å². The van der Waals surface area contributed by atoms with Crippen molar-refractivity contribution >= 4 is 0 Å². The predicted molar refractivity (Wildman–Crippen MR) is 60.6 cm³/mol. The molecule has 1 aromatic carbocycles. The molecule has 0 fully saturated rings. The Hall–Kier alpha value is -0.820. The summed E-state index contributed by atoms with van der Waals surface area (Å²) in [5.41, 5.74) is 3.77. The van der Waals surface area contributed by atoms with E-state index in [1.165, 1.54) is 16.7 Å². The van der Waals surface area contributed by atoms with Gasteiger partial charge in [0, 0.05) is 17.2 Å². The van der Waals surface area contributed by atoms with Crippen molar-refractivity contribution in [1.82, 2.24) is 4.90 Å². The van der Waals surface area contributed by atoms with Gasteiger partial charge < -0.3 is 4.90 Å². The number of benzene rings is 1. The Morgan fingerprint density at radius 3 is 2.93 bits per heavy atom. The molecule has 0 atom stereocenters. The minimum Gasteiger partial charge on any atom is -0.302 e. The molecule has 0 bridgehead atoms. The molecular weight excluding hydrogens is 170 g/mol. The molecule has 0 saturated carbocycles. The van der Waals surface area contributed by atoms with Gasteiger partial charge in [-0.25, -0.2) is 0 Å². The third kappa shape index (κ3) is 1.83. The summed E-state index contributed by atoms with van der Waals surface area (Å²) in [7, 11) is 0. The standard InChI is InChI=1S/C13H19N/c1-10(2)12-5-4-11-6-7-14(3)9-13(11)8-12/h4-5,8,10H,6-7,9H2,1-3H3/i3D3. The van der Waals surface area contributed by atoms with Crippen LogP contribution in [0.3, 0.4) is 0 Å². The molecule has 0 saturated heterocycles. The van der Waals surface area contributed by atoms with Crippen molar-refractivity contribution in [3.8, 4) is 0 Å². The number of hydrogen-bond acceptors (Lipinski definition) is 1. The molecule has 0 radical (unpaired) electrons. The fourth-order valence-electron chi connectivity index (χ4n) is 1.94. The lowest BCUT2D eigenvalue weighted by atomic mass is 9.94. The average Bonchev–Trinajstić information content (AvgIpc) is 2.26. The number of rotatable bonds is 1. The van der Waals surface area contributed by atoms with E-state index in [1.807, 2.05) is 0 Å². The first-order chi connectivity index (χ1) is 7.88. The van der Waals surface area contributed by atoms with Crippen molar-refractivity contribution in [3.05, 3.63) is 34.9 Å². The van der Waals surface area contributed by atoms with Gasteiger partial charge >= 0.3 is 0 Å². The van der Waals surface area contributed by atoms with Crippen molar-refractivity contribution in [2.75, 3.05) is 13.5 Å². The highest BCUT2D eigenvalue weighted by Crippen LogP contribution is 2.23. The van der Waals surface area contributed by atoms with Gasteiger partial charge in [-0.2, -0.15) is 0 Å². The number of nitrogens with zero attached hydrogens (tertiary/aromatic N) is 1. The third-order valence-corrected chi connectivity index (χ3v) is 2.91. The van der Waals surface area contributed by atoms with E-state index in [1.54, 1.807) is 4.90 Å². The Morgan fingerprint density at radius 1 is 1.36 bits per heavy atom. The SMILES string of the molecule is [2H]C([2H])([2H])N1CCc2ccc(C(C)C)cc2C1. The Morgan fingerprint density at radius 2 is 2.21 bits per heavy atom. The van der Waals surface area contributed by atoms with E-state index in [0.29, 0.717) is 19.0 Å². The molecule has 1 aliphatic heterocycles. The average molecular weight is 192 g/mol. The molecule has 1 heterocycles. The molecule has 0 aliphatic carbocycles. The van der Waals surface area contributed by atoms with Crippen LogP contribution in [0.25, 0.3) is 0 Å². The number of likely N-dealkylation sites (N-methyl/N-ethyl adjacent to an activating group) is 1. The lowest BCUT2D eigenvalue weighted by Crippen LogP contribution is -2.26. The lowest BCUT2D eigenvalue weighted by molar-refractivity contribution is 0.312. The van der Waals surface area contributed by atoms with Gasteiger partial charge in [-0.3, -0.25) is 0 Å². The monoisotopic (exact) mass is 192 g/mol. The van der Waals surface area contributed by atoms with Crippen LogP contribution in [-0.2, 0) is 13.0 Å². The molecule has 2 rings (SSSR count). The van der Waals surface area contributed by atoms with Crippen LogP contribution in [-0.4, -0.2) is 18.4 Å². The quantitative estimate of drug-likeness (QED) is 0.661. The van der Waals surface area contributed by atoms with Gasteiger partial charge in [0.25, 0.3) is 0 Å². The topological polar surface area (TPSA) is 3.24 Å². The zero-order valence-electron chi connectivity index (χ0n) is 11.9. The summed E-state index contributed by atoms with van der Waals surface area (Å²) in [5, 5.41) is 0. The van der Waals surface area contributed by atoms with E-state index in [-0.39, 0.29) is 0 Å². The van der Waals surface area contributed by atoms with Crippen LogP contribution in [0.1, 0.15) is 40.6 Å². The van der Waals surface area contributed by atoms with Crippen molar-refractivity contribution in [1.29, 1.82) is 0 Å². The Kier molecular flexibility index (Phi) is 1.77. The van der Waals surface area contributed by atoms with Crippen molar-refractivity contribution in [3.63, 3.8) is 0 Å². The van der Waals surface area contributed by atoms with Gasteiger partial charge in [-0.05, 0) is 36.0 Å². The van der Waals surface area contributed by atoms with Crippen LogP contribution < -0.4 is 0 Å². The Labute approximate surface area is 91.0 Å². The van der Waals surface area contributed by atoms with E-state index < -0.39 is 6.98 Å². The van der Waals surface area contributed by atoms with E-state index in [9.17, 15) is 0 Å². The second-order valence-electron chi connectivity index (χ2n) is 4.35. The summed E-state index contributed by atoms with van der Waals surface area (Å²) >= 11 is 0. The van der Waals surface area contributed by atoms with E-state index in [0.717, 1.165) is 6.42 Å². The Bertz CT molecular complexity index is 410. The van der Waals surface area contributed by atoms with Crippen molar-refractivity contribution < 1.29 is 4.11 Å². The maximum absolute atomic E-state index is 7.47. The summed E-state index contributed by atoms with van der Waals surface area (Å²) in [6.45, 7) is 3.53. The molecule has 76 valence electrons. The van der Waals surface area contributed by atoms with Crippen LogP contribution in [0.2, 0.25) is 0 Å². The molecule has 14 heavy (non-hydrogen) atoms. The van der Waals surface area contributed by atoms with Crippen molar-refractivity contribution in [2.24, 2.45) is 0 Å². The van der Waals surface area contributed by atoms with Gasteiger partial charge in [0.15, 0.2) is 0 Å². The third-order valence-electron chi connectivity index (χ3n) is 2.91. The predicted octanol–water partition coefficient (Wildman–Crippen LogP) is 2.80. The van der Waals surface area contributed by atoms with Crippen LogP contribution in [0.15, 0.2) is 18.2 Å². The van der Waals surface area contributed by atoms with E-state index in [4.69, 9.17) is 4.11 Å². The molecular formula is C13H19N. The summed E-state index contributed by atoms with van der Waals surface area (Å²) in [4.78, 5) is 1.58. The summed E-state index contributed by atoms with van der Waals surface area (Å²) in [6, 6.07) is 6.48. The first-order valence-corrected chi connectivity index (χ1v) is 5.24. The summed E-state index contributed by atoms with van der Waals surface area (Å²) in [6.07, 6.45) is 0.839. The van der Waals surface area contributed by atoms with Crippen LogP contribution in [0.4, 0.5) is 0 Å². The minimum absolute atomic E-state index is 0.489. The first kappa shape index (κ1) is 6.62. The maximum atomic E-state index is 7.47. The molecule has 1 aromatic rings. The molecule has 0 spiro atoms. The van der Waals surface area contributed by atoms with Gasteiger partial charge in [0.05, 0.1) is 0 Å². The van der Waals surface area contributed by atoms with Crippen molar-refractivity contribution in [2.45, 2.75) is 32.7 Å². The highest BCUT2D eigenvalue weighted by Gasteiger charge is 2.13. The normalized spacial score (nSPS) is 21.2. The Balaban J connectivity index is 2.27. The second kappa shape index (κ2) is 3.74. The highest BCUT2D eigenvalue weighted by atomic mass is 15.1. The largest absolute Gasteiger partial charge is 0.302 e. The smallest absolute Gasteiger partial charge is 0.0394 e.